The first-order valence-electron chi connectivity index (χ1n) is 6.63. The fourth-order valence-corrected chi connectivity index (χ4v) is 2.52. The van der Waals surface area contributed by atoms with E-state index in [1.807, 2.05) is 0 Å². The van der Waals surface area contributed by atoms with E-state index in [1.54, 1.807) is 0 Å². The molecule has 110 valence electrons. The Balaban J connectivity index is 1.96. The van der Waals surface area contributed by atoms with Crippen LogP contribution in [0, 0.1) is 0 Å². The van der Waals surface area contributed by atoms with Crippen LogP contribution < -0.4 is 5.32 Å². The van der Waals surface area contributed by atoms with Crippen LogP contribution in [-0.4, -0.2) is 67.1 Å². The second-order valence-electron chi connectivity index (χ2n) is 5.27. The summed E-state index contributed by atoms with van der Waals surface area (Å²) in [5, 5.41) is 12.7. The maximum Gasteiger partial charge on any atom is 0.252 e. The summed E-state index contributed by atoms with van der Waals surface area (Å²) in [6, 6.07) is 4.65. The van der Waals surface area contributed by atoms with Crippen molar-refractivity contribution in [3.8, 4) is 5.75 Å². The number of amides is 1. The topological polar surface area (TPSA) is 55.8 Å². The summed E-state index contributed by atoms with van der Waals surface area (Å²) in [6.07, 6.45) is 0. The fourth-order valence-electron chi connectivity index (χ4n) is 2.31. The SMILES string of the molecule is CN1CCN(C)C(CNC(=O)c2cc(O)ccc2Cl)C1. The van der Waals surface area contributed by atoms with E-state index in [9.17, 15) is 9.90 Å². The minimum Gasteiger partial charge on any atom is -0.508 e. The molecule has 0 spiro atoms. The minimum atomic E-state index is -0.257. The first kappa shape index (κ1) is 15.1. The lowest BCUT2D eigenvalue weighted by atomic mass is 10.1. The van der Waals surface area contributed by atoms with Gasteiger partial charge in [-0.3, -0.25) is 9.69 Å². The summed E-state index contributed by atoms with van der Waals surface area (Å²) in [4.78, 5) is 16.6. The monoisotopic (exact) mass is 297 g/mol. The lowest BCUT2D eigenvalue weighted by Crippen LogP contribution is -2.54. The molecular weight excluding hydrogens is 278 g/mol. The summed E-state index contributed by atoms with van der Waals surface area (Å²) in [6.45, 7) is 3.51. The van der Waals surface area contributed by atoms with E-state index in [0.29, 0.717) is 17.1 Å². The van der Waals surface area contributed by atoms with Gasteiger partial charge in [0.2, 0.25) is 0 Å². The van der Waals surface area contributed by atoms with E-state index < -0.39 is 0 Å². The summed E-state index contributed by atoms with van der Waals surface area (Å²) in [5.41, 5.74) is 0.304. The molecule has 5 nitrogen and oxygen atoms in total. The summed E-state index contributed by atoms with van der Waals surface area (Å²) in [7, 11) is 4.14. The first-order valence-corrected chi connectivity index (χ1v) is 7.00. The van der Waals surface area contributed by atoms with Gasteiger partial charge in [-0.25, -0.2) is 0 Å². The van der Waals surface area contributed by atoms with Crippen molar-refractivity contribution in [2.75, 3.05) is 40.3 Å². The van der Waals surface area contributed by atoms with Gasteiger partial charge in [-0.05, 0) is 32.3 Å². The predicted octanol–water partition coefficient (Wildman–Crippen LogP) is 1.02. The Kier molecular flexibility index (Phi) is 4.86. The van der Waals surface area contributed by atoms with Crippen LogP contribution in [0.1, 0.15) is 10.4 Å². The highest BCUT2D eigenvalue weighted by Crippen LogP contribution is 2.21. The Morgan fingerprint density at radius 1 is 1.45 bits per heavy atom. The normalized spacial score (nSPS) is 20.9. The van der Waals surface area contributed by atoms with Gasteiger partial charge in [-0.2, -0.15) is 0 Å². The number of nitrogens with zero attached hydrogens (tertiary/aromatic N) is 2. The number of hydrogen-bond donors (Lipinski definition) is 2. The molecule has 1 aromatic rings. The average molecular weight is 298 g/mol. The van der Waals surface area contributed by atoms with Gasteiger partial charge < -0.3 is 15.3 Å². The molecule has 6 heteroatoms. The number of phenols is 1. The molecule has 1 aliphatic heterocycles. The Bertz CT molecular complexity index is 495. The molecule has 2 rings (SSSR count). The smallest absolute Gasteiger partial charge is 0.252 e. The number of benzene rings is 1. The van der Waals surface area contributed by atoms with Crippen LogP contribution in [-0.2, 0) is 0 Å². The Morgan fingerprint density at radius 3 is 2.95 bits per heavy atom. The molecule has 1 heterocycles. The number of halogens is 1. The molecule has 1 fully saturated rings. The molecular formula is C14H20ClN3O2. The second-order valence-corrected chi connectivity index (χ2v) is 5.68. The van der Waals surface area contributed by atoms with E-state index in [2.05, 4.69) is 29.2 Å². The van der Waals surface area contributed by atoms with Crippen LogP contribution in [0.2, 0.25) is 5.02 Å². The van der Waals surface area contributed by atoms with Crippen molar-refractivity contribution in [3.05, 3.63) is 28.8 Å². The molecule has 0 aromatic heterocycles. The van der Waals surface area contributed by atoms with E-state index in [-0.39, 0.29) is 17.7 Å². The second kappa shape index (κ2) is 6.43. The number of nitrogens with one attached hydrogen (secondary N) is 1. The zero-order chi connectivity index (χ0) is 14.7. The number of phenolic OH excluding ortho intramolecular Hbond substituents is 1. The number of piperazine rings is 1. The maximum atomic E-state index is 12.1. The molecule has 1 unspecified atom stereocenters. The van der Waals surface area contributed by atoms with Crippen LogP contribution in [0.3, 0.4) is 0 Å². The van der Waals surface area contributed by atoms with Gasteiger partial charge in [0, 0.05) is 32.2 Å². The lowest BCUT2D eigenvalue weighted by molar-refractivity contribution is 0.0881. The predicted molar refractivity (Wildman–Crippen MR) is 79.4 cm³/mol. The Hall–Kier alpha value is -1.30. The fraction of sp³-hybridized carbons (Fsp3) is 0.500. The molecule has 0 radical (unpaired) electrons. The minimum absolute atomic E-state index is 0.0362. The van der Waals surface area contributed by atoms with Crippen molar-refractivity contribution in [2.24, 2.45) is 0 Å². The van der Waals surface area contributed by atoms with Crippen molar-refractivity contribution in [2.45, 2.75) is 6.04 Å². The van der Waals surface area contributed by atoms with E-state index >= 15 is 0 Å². The highest BCUT2D eigenvalue weighted by molar-refractivity contribution is 6.33. The molecule has 0 aliphatic carbocycles. The summed E-state index contributed by atoms with van der Waals surface area (Å²) >= 11 is 5.97. The molecule has 1 saturated heterocycles. The number of aromatic hydroxyl groups is 1. The van der Waals surface area contributed by atoms with E-state index in [4.69, 9.17) is 11.6 Å². The largest absolute Gasteiger partial charge is 0.508 e. The lowest BCUT2D eigenvalue weighted by Gasteiger charge is -2.37. The molecule has 0 saturated carbocycles. The molecule has 1 aromatic carbocycles. The molecule has 1 atom stereocenters. The molecule has 1 aliphatic rings. The van der Waals surface area contributed by atoms with Crippen molar-refractivity contribution >= 4 is 17.5 Å². The Morgan fingerprint density at radius 2 is 2.20 bits per heavy atom. The summed E-state index contributed by atoms with van der Waals surface area (Å²) in [5.74, 6) is -0.221. The van der Waals surface area contributed by atoms with Gasteiger partial charge >= 0.3 is 0 Å². The standard InChI is InChI=1S/C14H20ClN3O2/c1-17-5-6-18(2)10(9-17)8-16-14(20)12-7-11(19)3-4-13(12)15/h3-4,7,10,19H,5-6,8-9H2,1-2H3,(H,16,20). The van der Waals surface area contributed by atoms with Crippen molar-refractivity contribution in [3.63, 3.8) is 0 Å². The number of hydrogen-bond acceptors (Lipinski definition) is 4. The molecule has 0 bridgehead atoms. The zero-order valence-corrected chi connectivity index (χ0v) is 12.5. The number of rotatable bonds is 3. The van der Waals surface area contributed by atoms with Crippen LogP contribution in [0.25, 0.3) is 0 Å². The number of likely N-dealkylation sites (N-methyl/N-ethyl adjacent to an activating group) is 2. The quantitative estimate of drug-likeness (QED) is 0.875. The van der Waals surface area contributed by atoms with Crippen LogP contribution in [0.5, 0.6) is 5.75 Å². The van der Waals surface area contributed by atoms with Gasteiger partial charge in [0.25, 0.3) is 5.91 Å². The average Bonchev–Trinajstić information content (AvgIpc) is 2.42. The van der Waals surface area contributed by atoms with Gasteiger partial charge in [0.05, 0.1) is 10.6 Å². The van der Waals surface area contributed by atoms with Crippen LogP contribution in [0.4, 0.5) is 0 Å². The first-order chi connectivity index (χ1) is 9.47. The summed E-state index contributed by atoms with van der Waals surface area (Å²) < 4.78 is 0. The molecule has 1 amide bonds. The van der Waals surface area contributed by atoms with Crippen molar-refractivity contribution in [1.82, 2.24) is 15.1 Å². The third-order valence-electron chi connectivity index (χ3n) is 3.67. The third kappa shape index (κ3) is 3.62. The number of carbonyl (C=O) groups is 1. The van der Waals surface area contributed by atoms with Crippen molar-refractivity contribution < 1.29 is 9.90 Å². The third-order valence-corrected chi connectivity index (χ3v) is 4.00. The van der Waals surface area contributed by atoms with Gasteiger partial charge in [-0.1, -0.05) is 11.6 Å². The van der Waals surface area contributed by atoms with E-state index in [1.165, 1.54) is 18.2 Å². The molecule has 20 heavy (non-hydrogen) atoms. The number of carbonyl (C=O) groups excluding carboxylic acids is 1. The Labute approximate surface area is 124 Å². The molecule has 2 N–H and O–H groups in total. The highest BCUT2D eigenvalue weighted by Gasteiger charge is 2.23. The van der Waals surface area contributed by atoms with Crippen molar-refractivity contribution in [1.29, 1.82) is 0 Å². The van der Waals surface area contributed by atoms with E-state index in [0.717, 1.165) is 19.6 Å². The van der Waals surface area contributed by atoms with Crippen LogP contribution >= 0.6 is 11.6 Å². The van der Waals surface area contributed by atoms with Gasteiger partial charge in [-0.15, -0.1) is 0 Å². The zero-order valence-electron chi connectivity index (χ0n) is 11.8. The van der Waals surface area contributed by atoms with Crippen LogP contribution in [0.15, 0.2) is 18.2 Å². The maximum absolute atomic E-state index is 12.1. The highest BCUT2D eigenvalue weighted by atomic mass is 35.5. The van der Waals surface area contributed by atoms with Gasteiger partial charge in [0.15, 0.2) is 0 Å². The van der Waals surface area contributed by atoms with Gasteiger partial charge in [0.1, 0.15) is 5.75 Å².